The predicted octanol–water partition coefficient (Wildman–Crippen LogP) is 4.42. The van der Waals surface area contributed by atoms with E-state index in [0.717, 1.165) is 11.1 Å². The number of aryl methyl sites for hydroxylation is 2. The van der Waals surface area contributed by atoms with Crippen molar-refractivity contribution in [1.29, 1.82) is 0 Å². The lowest BCUT2D eigenvalue weighted by Crippen LogP contribution is -2.14. The molecule has 0 aliphatic heterocycles. The Morgan fingerprint density at radius 2 is 1.58 bits per heavy atom. The molecular weight excluding hydrogens is 368 g/mol. The highest BCUT2D eigenvalue weighted by Gasteiger charge is 2.15. The van der Waals surface area contributed by atoms with Gasteiger partial charge in [-0.05, 0) is 72.8 Å². The van der Waals surface area contributed by atoms with Gasteiger partial charge in [-0.3, -0.25) is 9.52 Å². The van der Waals surface area contributed by atoms with Gasteiger partial charge in [-0.15, -0.1) is 11.3 Å². The molecule has 26 heavy (non-hydrogen) atoms. The van der Waals surface area contributed by atoms with Gasteiger partial charge in [-0.2, -0.15) is 0 Å². The van der Waals surface area contributed by atoms with Crippen LogP contribution in [0, 0.1) is 13.8 Å². The normalized spacial score (nSPS) is 11.2. The predicted molar refractivity (Wildman–Crippen MR) is 105 cm³/mol. The number of benzene rings is 2. The van der Waals surface area contributed by atoms with Crippen LogP contribution in [0.1, 0.15) is 20.8 Å². The zero-order chi connectivity index (χ0) is 18.7. The molecule has 0 bridgehead atoms. The maximum Gasteiger partial charge on any atom is 0.265 e. The summed E-state index contributed by atoms with van der Waals surface area (Å²) in [4.78, 5) is 12.8. The smallest absolute Gasteiger partial charge is 0.265 e. The van der Waals surface area contributed by atoms with E-state index in [2.05, 4.69) is 10.0 Å². The highest BCUT2D eigenvalue weighted by Crippen LogP contribution is 2.21. The Labute approximate surface area is 156 Å². The monoisotopic (exact) mass is 386 g/mol. The molecule has 0 saturated heterocycles. The summed E-state index contributed by atoms with van der Waals surface area (Å²) < 4.78 is 27.7. The van der Waals surface area contributed by atoms with Gasteiger partial charge >= 0.3 is 0 Å². The Morgan fingerprint density at radius 1 is 0.923 bits per heavy atom. The van der Waals surface area contributed by atoms with E-state index >= 15 is 0 Å². The van der Waals surface area contributed by atoms with Crippen molar-refractivity contribution in [2.75, 3.05) is 10.0 Å². The van der Waals surface area contributed by atoms with Crippen molar-refractivity contribution < 1.29 is 13.2 Å². The maximum atomic E-state index is 12.5. The molecule has 134 valence electrons. The Kier molecular flexibility index (Phi) is 5.11. The first-order valence-corrected chi connectivity index (χ1v) is 10.3. The summed E-state index contributed by atoms with van der Waals surface area (Å²) in [7, 11) is -3.70. The molecule has 0 aliphatic rings. The van der Waals surface area contributed by atoms with E-state index < -0.39 is 10.0 Å². The fourth-order valence-corrected chi connectivity index (χ4v) is 4.22. The van der Waals surface area contributed by atoms with Crippen LogP contribution in [0.4, 0.5) is 11.4 Å². The van der Waals surface area contributed by atoms with Gasteiger partial charge in [0.15, 0.2) is 0 Å². The minimum atomic E-state index is -3.70. The number of thiophene rings is 1. The molecule has 3 rings (SSSR count). The Balaban J connectivity index is 1.75. The number of hydrogen-bond acceptors (Lipinski definition) is 4. The van der Waals surface area contributed by atoms with E-state index in [1.165, 1.54) is 23.5 Å². The van der Waals surface area contributed by atoms with Crippen molar-refractivity contribution in [3.63, 3.8) is 0 Å². The number of carbonyl (C=O) groups excluding carboxylic acids is 1. The number of amides is 1. The summed E-state index contributed by atoms with van der Waals surface area (Å²) >= 11 is 1.34. The molecule has 0 atom stereocenters. The zero-order valence-corrected chi connectivity index (χ0v) is 15.9. The molecule has 0 aliphatic carbocycles. The van der Waals surface area contributed by atoms with E-state index in [1.54, 1.807) is 36.4 Å². The topological polar surface area (TPSA) is 75.3 Å². The second-order valence-corrected chi connectivity index (χ2v) is 8.57. The fraction of sp³-hybridized carbons (Fsp3) is 0.105. The molecule has 3 aromatic rings. The van der Waals surface area contributed by atoms with Crippen molar-refractivity contribution in [3.8, 4) is 0 Å². The Hall–Kier alpha value is -2.64. The first-order valence-electron chi connectivity index (χ1n) is 7.89. The van der Waals surface area contributed by atoms with Crippen molar-refractivity contribution >= 4 is 38.6 Å². The number of anilines is 2. The van der Waals surface area contributed by atoms with E-state index in [1.807, 2.05) is 25.3 Å². The first kappa shape index (κ1) is 18.2. The molecule has 1 heterocycles. The van der Waals surface area contributed by atoms with Gasteiger partial charge in [0.25, 0.3) is 15.9 Å². The van der Waals surface area contributed by atoms with Crippen molar-refractivity contribution in [1.82, 2.24) is 0 Å². The van der Waals surface area contributed by atoms with Crippen LogP contribution in [0.25, 0.3) is 0 Å². The van der Waals surface area contributed by atoms with Gasteiger partial charge in [0.2, 0.25) is 0 Å². The summed E-state index contributed by atoms with van der Waals surface area (Å²) in [6, 6.07) is 15.1. The SMILES string of the molecule is Cc1cc(C)cc(NS(=O)(=O)c2ccc(NC(=O)c3cccs3)cc2)c1. The quantitative estimate of drug-likeness (QED) is 0.682. The molecule has 1 aromatic heterocycles. The van der Waals surface area contributed by atoms with Crippen molar-refractivity contribution in [2.45, 2.75) is 18.7 Å². The minimum Gasteiger partial charge on any atom is -0.321 e. The second-order valence-electron chi connectivity index (χ2n) is 5.94. The van der Waals surface area contributed by atoms with Gasteiger partial charge < -0.3 is 5.32 Å². The molecule has 7 heteroatoms. The standard InChI is InChI=1S/C19H18N2O3S2/c1-13-10-14(2)12-16(11-13)21-26(23,24)17-7-5-15(6-8-17)20-19(22)18-4-3-9-25-18/h3-12,21H,1-2H3,(H,20,22). The molecular formula is C19H18N2O3S2. The third kappa shape index (κ3) is 4.30. The summed E-state index contributed by atoms with van der Waals surface area (Å²) in [5.74, 6) is -0.219. The molecule has 5 nitrogen and oxygen atoms in total. The largest absolute Gasteiger partial charge is 0.321 e. The highest BCUT2D eigenvalue weighted by atomic mass is 32.2. The van der Waals surface area contributed by atoms with Crippen LogP contribution in [0.5, 0.6) is 0 Å². The molecule has 1 amide bonds. The molecule has 2 N–H and O–H groups in total. The lowest BCUT2D eigenvalue weighted by molar-refractivity contribution is 0.103. The molecule has 0 spiro atoms. The third-order valence-electron chi connectivity index (χ3n) is 3.64. The number of rotatable bonds is 5. The number of sulfonamides is 1. The van der Waals surface area contributed by atoms with Crippen LogP contribution in [-0.2, 0) is 10.0 Å². The van der Waals surface area contributed by atoms with Crippen LogP contribution in [0.15, 0.2) is 64.9 Å². The third-order valence-corrected chi connectivity index (χ3v) is 5.91. The van der Waals surface area contributed by atoms with Gasteiger partial charge in [0.05, 0.1) is 9.77 Å². The zero-order valence-electron chi connectivity index (χ0n) is 14.3. The van der Waals surface area contributed by atoms with Crippen LogP contribution in [-0.4, -0.2) is 14.3 Å². The van der Waals surface area contributed by atoms with Crippen LogP contribution >= 0.6 is 11.3 Å². The number of carbonyl (C=O) groups is 1. The van der Waals surface area contributed by atoms with Crippen molar-refractivity contribution in [3.05, 3.63) is 76.0 Å². The van der Waals surface area contributed by atoms with Crippen molar-refractivity contribution in [2.24, 2.45) is 0 Å². The lowest BCUT2D eigenvalue weighted by atomic mass is 10.1. The van der Waals surface area contributed by atoms with E-state index in [9.17, 15) is 13.2 Å². The highest BCUT2D eigenvalue weighted by molar-refractivity contribution is 7.92. The average molecular weight is 386 g/mol. The Bertz CT molecular complexity index is 1000. The fourth-order valence-electron chi connectivity index (χ4n) is 2.57. The number of hydrogen-bond donors (Lipinski definition) is 2. The number of nitrogens with one attached hydrogen (secondary N) is 2. The van der Waals surface area contributed by atoms with Crippen LogP contribution < -0.4 is 10.0 Å². The summed E-state index contributed by atoms with van der Waals surface area (Å²) in [6.07, 6.45) is 0. The molecule has 0 fully saturated rings. The first-order chi connectivity index (χ1) is 12.3. The van der Waals surface area contributed by atoms with Gasteiger partial charge in [-0.25, -0.2) is 8.42 Å². The van der Waals surface area contributed by atoms with E-state index in [-0.39, 0.29) is 10.8 Å². The second kappa shape index (κ2) is 7.31. The summed E-state index contributed by atoms with van der Waals surface area (Å²) in [5, 5.41) is 4.57. The van der Waals surface area contributed by atoms with Crippen LogP contribution in [0.2, 0.25) is 0 Å². The summed E-state index contributed by atoms with van der Waals surface area (Å²) in [5.41, 5.74) is 3.02. The molecule has 2 aromatic carbocycles. The minimum absolute atomic E-state index is 0.130. The Morgan fingerprint density at radius 3 is 2.15 bits per heavy atom. The summed E-state index contributed by atoms with van der Waals surface area (Å²) in [6.45, 7) is 3.83. The average Bonchev–Trinajstić information content (AvgIpc) is 3.08. The molecule has 0 radical (unpaired) electrons. The van der Waals surface area contributed by atoms with Gasteiger partial charge in [0, 0.05) is 11.4 Å². The lowest BCUT2D eigenvalue weighted by Gasteiger charge is -2.10. The molecule has 0 saturated carbocycles. The van der Waals surface area contributed by atoms with Crippen LogP contribution in [0.3, 0.4) is 0 Å². The maximum absolute atomic E-state index is 12.5. The van der Waals surface area contributed by atoms with E-state index in [0.29, 0.717) is 16.3 Å². The van der Waals surface area contributed by atoms with E-state index in [4.69, 9.17) is 0 Å². The van der Waals surface area contributed by atoms with Gasteiger partial charge in [-0.1, -0.05) is 12.1 Å². The molecule has 0 unspecified atom stereocenters. The van der Waals surface area contributed by atoms with Gasteiger partial charge in [0.1, 0.15) is 0 Å².